The third kappa shape index (κ3) is 6.29. The smallest absolute Gasteiger partial charge is 0.408 e. The molecule has 0 saturated heterocycles. The Morgan fingerprint density at radius 1 is 1.30 bits per heavy atom. The molecule has 1 aromatic rings. The number of nitrogens with one attached hydrogen (secondary N) is 2. The van der Waals surface area contributed by atoms with Crippen LogP contribution in [0.25, 0.3) is 0 Å². The molecule has 0 aliphatic rings. The number of benzene rings is 1. The molecule has 0 unspecified atom stereocenters. The van der Waals surface area contributed by atoms with Gasteiger partial charge in [0.1, 0.15) is 12.1 Å². The van der Waals surface area contributed by atoms with E-state index in [0.29, 0.717) is 16.4 Å². The summed E-state index contributed by atoms with van der Waals surface area (Å²) in [6.45, 7) is 5.01. The van der Waals surface area contributed by atoms with Crippen LogP contribution < -0.4 is 16.4 Å². The third-order valence-corrected chi connectivity index (χ3v) is 2.21. The van der Waals surface area contributed by atoms with Crippen molar-refractivity contribution in [3.8, 4) is 0 Å². The molecule has 7 heteroatoms. The number of ether oxygens (including phenoxy) is 1. The zero-order valence-electron chi connectivity index (χ0n) is 11.6. The molecule has 0 spiro atoms. The first kappa shape index (κ1) is 16.1. The Hall–Kier alpha value is -1.95. The maximum absolute atomic E-state index is 11.6. The second-order valence-electron chi connectivity index (χ2n) is 5.18. The van der Waals surface area contributed by atoms with Crippen LogP contribution in [0.4, 0.5) is 16.2 Å². The number of carbonyl (C=O) groups is 2. The average Bonchev–Trinajstić information content (AvgIpc) is 2.22. The average molecular weight is 300 g/mol. The van der Waals surface area contributed by atoms with Crippen molar-refractivity contribution >= 4 is 35.0 Å². The quantitative estimate of drug-likeness (QED) is 0.747. The van der Waals surface area contributed by atoms with Crippen molar-refractivity contribution in [2.75, 3.05) is 17.6 Å². The summed E-state index contributed by atoms with van der Waals surface area (Å²) in [5, 5.41) is 5.34. The van der Waals surface area contributed by atoms with Gasteiger partial charge in [-0.15, -0.1) is 0 Å². The zero-order valence-corrected chi connectivity index (χ0v) is 12.4. The summed E-state index contributed by atoms with van der Waals surface area (Å²) in [5.41, 5.74) is 5.89. The van der Waals surface area contributed by atoms with Gasteiger partial charge in [0.15, 0.2) is 0 Å². The largest absolute Gasteiger partial charge is 0.444 e. The minimum atomic E-state index is -0.654. The molecule has 0 atom stereocenters. The van der Waals surface area contributed by atoms with Crippen LogP contribution >= 0.6 is 11.6 Å². The minimum absolute atomic E-state index is 0.207. The SMILES string of the molecule is CC(C)(C)OC(=O)NCC(=O)Nc1cc(N)cc(Cl)c1. The zero-order chi connectivity index (χ0) is 15.3. The summed E-state index contributed by atoms with van der Waals surface area (Å²) in [5.74, 6) is -0.405. The van der Waals surface area contributed by atoms with Gasteiger partial charge in [-0.05, 0) is 39.0 Å². The highest BCUT2D eigenvalue weighted by molar-refractivity contribution is 6.31. The molecular weight excluding hydrogens is 282 g/mol. The molecule has 20 heavy (non-hydrogen) atoms. The Kier molecular flexibility index (Phi) is 5.21. The minimum Gasteiger partial charge on any atom is -0.444 e. The van der Waals surface area contributed by atoms with E-state index < -0.39 is 17.6 Å². The molecule has 0 saturated carbocycles. The lowest BCUT2D eigenvalue weighted by molar-refractivity contribution is -0.115. The number of rotatable bonds is 3. The van der Waals surface area contributed by atoms with Gasteiger partial charge in [0.05, 0.1) is 0 Å². The summed E-state index contributed by atoms with van der Waals surface area (Å²) in [6, 6.07) is 4.69. The normalized spacial score (nSPS) is 10.8. The van der Waals surface area contributed by atoms with E-state index >= 15 is 0 Å². The van der Waals surface area contributed by atoms with E-state index in [4.69, 9.17) is 22.1 Å². The maximum Gasteiger partial charge on any atom is 0.408 e. The van der Waals surface area contributed by atoms with Crippen LogP contribution in [0.2, 0.25) is 5.02 Å². The van der Waals surface area contributed by atoms with Gasteiger partial charge in [-0.3, -0.25) is 4.79 Å². The number of carbonyl (C=O) groups excluding carboxylic acids is 2. The topological polar surface area (TPSA) is 93.4 Å². The van der Waals surface area contributed by atoms with Gasteiger partial charge in [0.2, 0.25) is 5.91 Å². The highest BCUT2D eigenvalue weighted by Gasteiger charge is 2.16. The number of hydrogen-bond acceptors (Lipinski definition) is 4. The van der Waals surface area contributed by atoms with Gasteiger partial charge in [0.25, 0.3) is 0 Å². The predicted octanol–water partition coefficient (Wildman–Crippen LogP) is 2.39. The Bertz CT molecular complexity index is 492. The summed E-state index contributed by atoms with van der Waals surface area (Å²) in [7, 11) is 0. The van der Waals surface area contributed by atoms with Crippen LogP contribution in [0.3, 0.4) is 0 Å². The van der Waals surface area contributed by atoms with Gasteiger partial charge in [-0.25, -0.2) is 4.79 Å². The van der Waals surface area contributed by atoms with E-state index in [-0.39, 0.29) is 6.54 Å². The number of hydrogen-bond donors (Lipinski definition) is 3. The second-order valence-corrected chi connectivity index (χ2v) is 5.61. The first-order chi connectivity index (χ1) is 9.15. The maximum atomic E-state index is 11.6. The van der Waals surface area contributed by atoms with Crippen molar-refractivity contribution in [1.29, 1.82) is 0 Å². The molecule has 0 aliphatic heterocycles. The number of anilines is 2. The first-order valence-electron chi connectivity index (χ1n) is 5.98. The van der Waals surface area contributed by atoms with Crippen LogP contribution in [0, 0.1) is 0 Å². The fraction of sp³-hybridized carbons (Fsp3) is 0.385. The molecule has 0 bridgehead atoms. The molecule has 0 heterocycles. The molecule has 0 radical (unpaired) electrons. The molecule has 2 amide bonds. The number of halogens is 1. The van der Waals surface area contributed by atoms with Gasteiger partial charge < -0.3 is 21.1 Å². The van der Waals surface area contributed by atoms with Crippen LogP contribution in [0.5, 0.6) is 0 Å². The molecule has 1 rings (SSSR count). The number of nitrogen functional groups attached to an aromatic ring is 1. The molecule has 0 aliphatic carbocycles. The van der Waals surface area contributed by atoms with Crippen LogP contribution in [-0.4, -0.2) is 24.1 Å². The van der Waals surface area contributed by atoms with Crippen LogP contribution in [0.15, 0.2) is 18.2 Å². The Balaban J connectivity index is 2.46. The van der Waals surface area contributed by atoms with Gasteiger partial charge in [-0.2, -0.15) is 0 Å². The Morgan fingerprint density at radius 2 is 1.95 bits per heavy atom. The van der Waals surface area contributed by atoms with E-state index in [0.717, 1.165) is 0 Å². The van der Waals surface area contributed by atoms with Crippen molar-refractivity contribution in [1.82, 2.24) is 5.32 Å². The number of alkyl carbamates (subject to hydrolysis) is 1. The van der Waals surface area contributed by atoms with E-state index in [1.54, 1.807) is 39.0 Å². The monoisotopic (exact) mass is 299 g/mol. The molecule has 0 fully saturated rings. The summed E-state index contributed by atoms with van der Waals surface area (Å²) >= 11 is 5.81. The molecule has 110 valence electrons. The first-order valence-corrected chi connectivity index (χ1v) is 6.36. The predicted molar refractivity (Wildman–Crippen MR) is 78.7 cm³/mol. The van der Waals surface area contributed by atoms with Crippen molar-refractivity contribution in [3.05, 3.63) is 23.2 Å². The highest BCUT2D eigenvalue weighted by atomic mass is 35.5. The van der Waals surface area contributed by atoms with E-state index in [1.165, 1.54) is 0 Å². The van der Waals surface area contributed by atoms with Crippen molar-refractivity contribution < 1.29 is 14.3 Å². The van der Waals surface area contributed by atoms with E-state index in [1.807, 2.05) is 0 Å². The lowest BCUT2D eigenvalue weighted by atomic mass is 10.2. The second kappa shape index (κ2) is 6.47. The molecule has 6 nitrogen and oxygen atoms in total. The number of amides is 2. The molecular formula is C13H18ClN3O3. The summed E-state index contributed by atoms with van der Waals surface area (Å²) in [6.07, 6.45) is -0.654. The van der Waals surface area contributed by atoms with Crippen molar-refractivity contribution in [2.24, 2.45) is 0 Å². The van der Waals surface area contributed by atoms with Crippen molar-refractivity contribution in [2.45, 2.75) is 26.4 Å². The lowest BCUT2D eigenvalue weighted by Crippen LogP contribution is -2.37. The Labute approximate surface area is 122 Å². The van der Waals surface area contributed by atoms with Crippen molar-refractivity contribution in [3.63, 3.8) is 0 Å². The van der Waals surface area contributed by atoms with Gasteiger partial charge in [-0.1, -0.05) is 11.6 Å². The highest BCUT2D eigenvalue weighted by Crippen LogP contribution is 2.20. The Morgan fingerprint density at radius 3 is 2.50 bits per heavy atom. The van der Waals surface area contributed by atoms with Crippen LogP contribution in [0.1, 0.15) is 20.8 Å². The lowest BCUT2D eigenvalue weighted by Gasteiger charge is -2.19. The van der Waals surface area contributed by atoms with E-state index in [2.05, 4.69) is 10.6 Å². The fourth-order valence-electron chi connectivity index (χ4n) is 1.36. The molecule has 1 aromatic carbocycles. The molecule has 0 aromatic heterocycles. The summed E-state index contributed by atoms with van der Waals surface area (Å²) in [4.78, 5) is 23.0. The van der Waals surface area contributed by atoms with Gasteiger partial charge in [0, 0.05) is 16.4 Å². The fourth-order valence-corrected chi connectivity index (χ4v) is 1.60. The standard InChI is InChI=1S/C13H18ClN3O3/c1-13(2,3)20-12(19)16-7-11(18)17-10-5-8(14)4-9(15)6-10/h4-6H,7,15H2,1-3H3,(H,16,19)(H,17,18). The third-order valence-electron chi connectivity index (χ3n) is 2.00. The van der Waals surface area contributed by atoms with Crippen LogP contribution in [-0.2, 0) is 9.53 Å². The van der Waals surface area contributed by atoms with Gasteiger partial charge >= 0.3 is 6.09 Å². The van der Waals surface area contributed by atoms with E-state index in [9.17, 15) is 9.59 Å². The number of nitrogens with two attached hydrogens (primary N) is 1. The molecule has 4 N–H and O–H groups in total. The summed E-state index contributed by atoms with van der Waals surface area (Å²) < 4.78 is 5.01.